The van der Waals surface area contributed by atoms with Gasteiger partial charge in [0.25, 0.3) is 10.1 Å². The van der Waals surface area contributed by atoms with Crippen LogP contribution in [0.5, 0.6) is 5.75 Å². The number of halogens is 3. The van der Waals surface area contributed by atoms with E-state index in [4.69, 9.17) is 14.5 Å². The van der Waals surface area contributed by atoms with Crippen LogP contribution in [0, 0.1) is 0 Å². The van der Waals surface area contributed by atoms with Crippen molar-refractivity contribution < 1.29 is 36.1 Å². The van der Waals surface area contributed by atoms with E-state index in [9.17, 15) is 21.6 Å². The number of thioether (sulfide) groups is 1. The van der Waals surface area contributed by atoms with E-state index in [2.05, 4.69) is 12.1 Å². The summed E-state index contributed by atoms with van der Waals surface area (Å²) in [6.07, 6.45) is -2.45. The van der Waals surface area contributed by atoms with Gasteiger partial charge in [0.2, 0.25) is 0 Å². The number of alkyl halides is 3. The molecule has 1 aromatic carbocycles. The van der Waals surface area contributed by atoms with Crippen LogP contribution in [0.4, 0.5) is 13.2 Å². The molecule has 1 rings (SSSR count). The van der Waals surface area contributed by atoms with Crippen molar-refractivity contribution in [2.75, 3.05) is 24.4 Å². The monoisotopic (exact) mass is 417 g/mol. The molecule has 0 aliphatic heterocycles. The summed E-state index contributed by atoms with van der Waals surface area (Å²) in [4.78, 5) is 0. The summed E-state index contributed by atoms with van der Waals surface area (Å²) in [7, 11) is -2.33. The smallest absolute Gasteiger partial charge is 0.437 e. The zero-order valence-corrected chi connectivity index (χ0v) is 16.0. The van der Waals surface area contributed by atoms with Crippen molar-refractivity contribution in [1.29, 1.82) is 0 Å². The van der Waals surface area contributed by atoms with E-state index >= 15 is 0 Å². The van der Waals surface area contributed by atoms with Crippen molar-refractivity contribution in [2.24, 2.45) is 5.16 Å². The summed E-state index contributed by atoms with van der Waals surface area (Å²) < 4.78 is 70.3. The van der Waals surface area contributed by atoms with Crippen molar-refractivity contribution in [1.82, 2.24) is 0 Å². The fraction of sp³-hybridized carbons (Fsp3) is 0.533. The number of hydrogen-bond donors (Lipinski definition) is 2. The van der Waals surface area contributed by atoms with Gasteiger partial charge in [-0.25, -0.2) is 0 Å². The van der Waals surface area contributed by atoms with Gasteiger partial charge in [-0.2, -0.15) is 33.4 Å². The van der Waals surface area contributed by atoms with E-state index in [0.29, 0.717) is 11.5 Å². The molecule has 2 N–H and O–H groups in total. The van der Waals surface area contributed by atoms with Crippen LogP contribution in [0.15, 0.2) is 29.4 Å². The maximum atomic E-state index is 12.3. The maximum Gasteiger partial charge on any atom is 0.437 e. The molecule has 11 heteroatoms. The Kier molecular flexibility index (Phi) is 11.3. The van der Waals surface area contributed by atoms with Gasteiger partial charge in [-0.1, -0.05) is 18.5 Å². The lowest BCUT2D eigenvalue weighted by molar-refractivity contribution is -0.0601. The number of ether oxygens (including phenoxy) is 1. The van der Waals surface area contributed by atoms with Gasteiger partial charge in [-0.05, 0) is 36.4 Å². The maximum absolute atomic E-state index is 12.3. The fourth-order valence-electron chi connectivity index (χ4n) is 1.54. The minimum atomic E-state index is -4.68. The highest BCUT2D eigenvalue weighted by Gasteiger charge is 2.37. The summed E-state index contributed by atoms with van der Waals surface area (Å²) >= 11 is 1.57. The standard InChI is InChI=1S/C9H8F3NO2.C6H14O3S2/c1-15-7-4-2-6(3-5-7)8(13-14)9(10,11)12;1-2-3-4-10-5-6-11(7,8)9/h2-5,14H,1H3;2-6H2,1H3,(H,7,8,9)/b13-8-;. The van der Waals surface area contributed by atoms with Crippen molar-refractivity contribution >= 4 is 27.6 Å². The van der Waals surface area contributed by atoms with Crippen LogP contribution >= 0.6 is 11.8 Å². The average molecular weight is 417 g/mol. The van der Waals surface area contributed by atoms with Gasteiger partial charge in [0.1, 0.15) is 5.75 Å². The highest BCUT2D eigenvalue weighted by Crippen LogP contribution is 2.23. The molecule has 0 saturated heterocycles. The Bertz CT molecular complexity index is 646. The third kappa shape index (κ3) is 11.2. The second kappa shape index (κ2) is 12.0. The predicted octanol–water partition coefficient (Wildman–Crippen LogP) is 3.84. The number of methoxy groups -OCH3 is 1. The Morgan fingerprint density at radius 3 is 2.19 bits per heavy atom. The minimum Gasteiger partial charge on any atom is -0.497 e. The van der Waals surface area contributed by atoms with Gasteiger partial charge >= 0.3 is 6.18 Å². The molecular weight excluding hydrogens is 395 g/mol. The van der Waals surface area contributed by atoms with Crippen LogP contribution in [0.1, 0.15) is 25.3 Å². The van der Waals surface area contributed by atoms with Gasteiger partial charge in [0.15, 0.2) is 5.71 Å². The van der Waals surface area contributed by atoms with Crippen LogP contribution in [0.25, 0.3) is 0 Å². The topological polar surface area (TPSA) is 96.2 Å². The molecule has 6 nitrogen and oxygen atoms in total. The first-order valence-corrected chi connectivity index (χ1v) is 10.3. The van der Waals surface area contributed by atoms with Gasteiger partial charge in [0, 0.05) is 11.3 Å². The zero-order valence-electron chi connectivity index (χ0n) is 14.4. The molecular formula is C15H22F3NO5S2. The van der Waals surface area contributed by atoms with Crippen molar-refractivity contribution in [3.05, 3.63) is 29.8 Å². The number of nitrogens with zero attached hydrogens (tertiary/aromatic N) is 1. The van der Waals surface area contributed by atoms with E-state index in [1.54, 1.807) is 11.8 Å². The molecule has 0 bridgehead atoms. The molecule has 0 aliphatic rings. The van der Waals surface area contributed by atoms with Crippen molar-refractivity contribution in [3.63, 3.8) is 0 Å². The molecule has 0 aliphatic carbocycles. The quantitative estimate of drug-likeness (QED) is 0.219. The summed E-state index contributed by atoms with van der Waals surface area (Å²) in [5.74, 6) is 1.78. The van der Waals surface area contributed by atoms with E-state index in [0.717, 1.165) is 18.6 Å². The molecule has 0 radical (unpaired) electrons. The van der Waals surface area contributed by atoms with Gasteiger partial charge < -0.3 is 9.94 Å². The van der Waals surface area contributed by atoms with E-state index in [1.807, 2.05) is 0 Å². The van der Waals surface area contributed by atoms with E-state index in [-0.39, 0.29) is 11.3 Å². The van der Waals surface area contributed by atoms with E-state index < -0.39 is 22.0 Å². The van der Waals surface area contributed by atoms with Gasteiger partial charge in [-0.15, -0.1) is 0 Å². The number of unbranched alkanes of at least 4 members (excludes halogenated alkanes) is 1. The van der Waals surface area contributed by atoms with Crippen LogP contribution in [-0.2, 0) is 10.1 Å². The third-order valence-electron chi connectivity index (χ3n) is 2.86. The Morgan fingerprint density at radius 1 is 1.23 bits per heavy atom. The zero-order chi connectivity index (χ0) is 20.2. The molecule has 0 unspecified atom stereocenters. The summed E-state index contributed by atoms with van der Waals surface area (Å²) in [5, 5.41) is 10.5. The van der Waals surface area contributed by atoms with Crippen LogP contribution in [0.2, 0.25) is 0 Å². The number of benzene rings is 1. The largest absolute Gasteiger partial charge is 0.497 e. The highest BCUT2D eigenvalue weighted by atomic mass is 32.2. The molecule has 0 fully saturated rings. The van der Waals surface area contributed by atoms with Crippen molar-refractivity contribution in [3.8, 4) is 5.75 Å². The normalized spacial score (nSPS) is 12.3. The first kappa shape index (κ1) is 24.5. The Morgan fingerprint density at radius 2 is 1.81 bits per heavy atom. The number of rotatable bonds is 8. The Labute approximate surface area is 155 Å². The third-order valence-corrected chi connectivity index (χ3v) is 4.91. The first-order valence-electron chi connectivity index (χ1n) is 7.51. The molecule has 150 valence electrons. The molecule has 26 heavy (non-hydrogen) atoms. The molecule has 0 atom stereocenters. The lowest BCUT2D eigenvalue weighted by Gasteiger charge is -2.08. The highest BCUT2D eigenvalue weighted by molar-refractivity contribution is 8.00. The second-order valence-corrected chi connectivity index (χ2v) is 7.72. The fourth-order valence-corrected chi connectivity index (χ4v) is 3.55. The first-order chi connectivity index (χ1) is 12.0. The molecule has 0 amide bonds. The summed E-state index contributed by atoms with van der Waals surface area (Å²) in [6.45, 7) is 2.09. The van der Waals surface area contributed by atoms with E-state index in [1.165, 1.54) is 31.4 Å². The summed E-state index contributed by atoms with van der Waals surface area (Å²) in [5.41, 5.74) is -1.55. The SMILES string of the molecule is CCCCSCCS(=O)(=O)O.COc1ccc(/C(=N/O)C(F)(F)F)cc1. The molecule has 0 heterocycles. The summed E-state index contributed by atoms with van der Waals surface area (Å²) in [6, 6.07) is 5.04. The number of oxime groups is 1. The minimum absolute atomic E-state index is 0.124. The Balaban J connectivity index is 0.000000508. The predicted molar refractivity (Wildman–Crippen MR) is 96.0 cm³/mol. The van der Waals surface area contributed by atoms with Crippen molar-refractivity contribution in [2.45, 2.75) is 25.9 Å². The van der Waals surface area contributed by atoms with Gasteiger partial charge in [0.05, 0.1) is 12.9 Å². The molecule has 1 aromatic rings. The lowest BCUT2D eigenvalue weighted by atomic mass is 10.1. The molecule has 0 aromatic heterocycles. The molecule has 0 spiro atoms. The lowest BCUT2D eigenvalue weighted by Crippen LogP contribution is -2.23. The van der Waals surface area contributed by atoms with Crippen LogP contribution in [-0.4, -0.2) is 54.4 Å². The average Bonchev–Trinajstić information content (AvgIpc) is 2.54. The Hall–Kier alpha value is -1.46. The van der Waals surface area contributed by atoms with Crippen LogP contribution < -0.4 is 4.74 Å². The van der Waals surface area contributed by atoms with Crippen LogP contribution in [0.3, 0.4) is 0 Å². The second-order valence-electron chi connectivity index (χ2n) is 4.93. The molecule has 0 saturated carbocycles. The number of hydrogen-bond acceptors (Lipinski definition) is 6. The van der Waals surface area contributed by atoms with Gasteiger partial charge in [-0.3, -0.25) is 4.55 Å².